The van der Waals surface area contributed by atoms with E-state index in [1.54, 1.807) is 18.2 Å². The minimum atomic E-state index is -0.198. The first-order valence-electron chi connectivity index (χ1n) is 5.47. The maximum absolute atomic E-state index is 11.5. The zero-order valence-electron chi connectivity index (χ0n) is 10.2. The summed E-state index contributed by atoms with van der Waals surface area (Å²) in [4.78, 5) is 17.3. The number of carbonyl (C=O) groups is 1. The number of halogens is 2. The van der Waals surface area contributed by atoms with Crippen LogP contribution in [0.3, 0.4) is 0 Å². The summed E-state index contributed by atoms with van der Waals surface area (Å²) in [6.07, 6.45) is 0. The molecule has 0 spiro atoms. The Labute approximate surface area is 121 Å². The predicted octanol–water partition coefficient (Wildman–Crippen LogP) is 3.79. The molecule has 3 nitrogen and oxygen atoms in total. The maximum Gasteiger partial charge on any atom is 0.253 e. The summed E-state index contributed by atoms with van der Waals surface area (Å²) in [5, 5.41) is 1.18. The van der Waals surface area contributed by atoms with Crippen molar-refractivity contribution in [3.05, 3.63) is 28.2 Å². The molecule has 0 saturated carbocycles. The Hall–Kier alpha value is -0.420. The van der Waals surface area contributed by atoms with Crippen LogP contribution in [-0.4, -0.2) is 18.3 Å². The first-order valence-corrected chi connectivity index (χ1v) is 7.21. The zero-order chi connectivity index (χ0) is 13.5. The maximum atomic E-state index is 11.5. The Morgan fingerprint density at radius 3 is 2.83 bits per heavy atom. The fourth-order valence-electron chi connectivity index (χ4n) is 1.05. The highest BCUT2D eigenvalue weighted by molar-refractivity contribution is 8.00. The highest BCUT2D eigenvalue weighted by Crippen LogP contribution is 2.29. The number of amides is 1. The minimum Gasteiger partial charge on any atom is -0.273 e. The van der Waals surface area contributed by atoms with Crippen molar-refractivity contribution < 1.29 is 9.63 Å². The average Bonchev–Trinajstić information content (AvgIpc) is 2.30. The Kier molecular flexibility index (Phi) is 6.86. The summed E-state index contributed by atoms with van der Waals surface area (Å²) >= 11 is 13.2. The predicted molar refractivity (Wildman–Crippen MR) is 76.1 cm³/mol. The molecule has 18 heavy (non-hydrogen) atoms. The van der Waals surface area contributed by atoms with Gasteiger partial charge >= 0.3 is 0 Å². The second-order valence-corrected chi connectivity index (χ2v) is 5.95. The normalized spacial score (nSPS) is 10.7. The number of thioether (sulfide) groups is 1. The van der Waals surface area contributed by atoms with Crippen molar-refractivity contribution in [2.45, 2.75) is 18.7 Å². The molecule has 0 atom stereocenters. The van der Waals surface area contributed by atoms with Crippen LogP contribution in [0.1, 0.15) is 13.8 Å². The Balaban J connectivity index is 2.36. The monoisotopic (exact) mass is 307 g/mol. The van der Waals surface area contributed by atoms with Gasteiger partial charge in [-0.15, -0.1) is 11.8 Å². The standard InChI is InChI=1S/C12H15Cl2NO2S/c1-8(2)6-17-15-12(16)7-18-11-5-9(13)3-4-10(11)14/h3-5,8H,6-7H2,1-2H3,(H,15,16). The van der Waals surface area contributed by atoms with Crippen molar-refractivity contribution >= 4 is 40.9 Å². The Bertz CT molecular complexity index is 413. The van der Waals surface area contributed by atoms with Gasteiger partial charge in [0.1, 0.15) is 0 Å². The molecular formula is C12H15Cl2NO2S. The molecule has 0 aliphatic carbocycles. The van der Waals surface area contributed by atoms with Crippen LogP contribution in [0.2, 0.25) is 10.0 Å². The Morgan fingerprint density at radius 1 is 1.44 bits per heavy atom. The van der Waals surface area contributed by atoms with Gasteiger partial charge in [0, 0.05) is 9.92 Å². The van der Waals surface area contributed by atoms with Gasteiger partial charge in [0.05, 0.1) is 17.4 Å². The SMILES string of the molecule is CC(C)CONC(=O)CSc1cc(Cl)ccc1Cl. The van der Waals surface area contributed by atoms with Crippen molar-refractivity contribution in [3.63, 3.8) is 0 Å². The van der Waals surface area contributed by atoms with E-state index in [0.717, 1.165) is 4.90 Å². The van der Waals surface area contributed by atoms with Gasteiger partial charge in [-0.1, -0.05) is 37.0 Å². The number of hydrogen-bond donors (Lipinski definition) is 1. The molecule has 0 aliphatic rings. The van der Waals surface area contributed by atoms with E-state index in [4.69, 9.17) is 28.0 Å². The van der Waals surface area contributed by atoms with E-state index in [-0.39, 0.29) is 11.7 Å². The van der Waals surface area contributed by atoms with Crippen molar-refractivity contribution in [1.29, 1.82) is 0 Å². The summed E-state index contributed by atoms with van der Waals surface area (Å²) in [5.41, 5.74) is 2.38. The Morgan fingerprint density at radius 2 is 2.17 bits per heavy atom. The smallest absolute Gasteiger partial charge is 0.253 e. The quantitative estimate of drug-likeness (QED) is 0.642. The van der Waals surface area contributed by atoms with E-state index in [9.17, 15) is 4.79 Å². The third kappa shape index (κ3) is 5.96. The number of rotatable bonds is 6. The van der Waals surface area contributed by atoms with Crippen molar-refractivity contribution in [3.8, 4) is 0 Å². The molecule has 1 rings (SSSR count). The fraction of sp³-hybridized carbons (Fsp3) is 0.417. The van der Waals surface area contributed by atoms with Gasteiger partial charge in [0.2, 0.25) is 0 Å². The number of benzene rings is 1. The number of hydrogen-bond acceptors (Lipinski definition) is 3. The van der Waals surface area contributed by atoms with E-state index in [2.05, 4.69) is 5.48 Å². The third-order valence-corrected chi connectivity index (χ3v) is 3.59. The van der Waals surface area contributed by atoms with Gasteiger partial charge in [-0.2, -0.15) is 0 Å². The van der Waals surface area contributed by atoms with Crippen LogP contribution in [0.4, 0.5) is 0 Å². The average molecular weight is 308 g/mol. The number of carbonyl (C=O) groups excluding carboxylic acids is 1. The lowest BCUT2D eigenvalue weighted by Crippen LogP contribution is -2.27. The van der Waals surface area contributed by atoms with E-state index in [0.29, 0.717) is 22.6 Å². The summed E-state index contributed by atoms with van der Waals surface area (Å²) in [7, 11) is 0. The molecule has 0 heterocycles. The molecule has 1 aromatic rings. The fourth-order valence-corrected chi connectivity index (χ4v) is 2.33. The first-order chi connectivity index (χ1) is 8.49. The molecule has 1 aromatic carbocycles. The van der Waals surface area contributed by atoms with Gasteiger partial charge in [-0.05, 0) is 24.1 Å². The lowest BCUT2D eigenvalue weighted by Gasteiger charge is -2.08. The van der Waals surface area contributed by atoms with E-state index in [1.807, 2.05) is 13.8 Å². The lowest BCUT2D eigenvalue weighted by molar-refractivity contribution is -0.131. The molecule has 0 radical (unpaired) electrons. The van der Waals surface area contributed by atoms with E-state index >= 15 is 0 Å². The third-order valence-electron chi connectivity index (χ3n) is 1.85. The summed E-state index contributed by atoms with van der Waals surface area (Å²) in [6.45, 7) is 4.51. The molecule has 0 unspecified atom stereocenters. The van der Waals surface area contributed by atoms with Crippen LogP contribution >= 0.6 is 35.0 Å². The number of hydroxylamine groups is 1. The lowest BCUT2D eigenvalue weighted by atomic mass is 10.2. The van der Waals surface area contributed by atoms with Gasteiger partial charge in [-0.25, -0.2) is 5.48 Å². The largest absolute Gasteiger partial charge is 0.273 e. The van der Waals surface area contributed by atoms with Crippen LogP contribution in [-0.2, 0) is 9.63 Å². The summed E-state index contributed by atoms with van der Waals surface area (Å²) in [5.74, 6) is 0.412. The molecule has 1 N–H and O–H groups in total. The molecule has 0 fully saturated rings. The van der Waals surface area contributed by atoms with Crippen LogP contribution in [0.5, 0.6) is 0 Å². The highest BCUT2D eigenvalue weighted by atomic mass is 35.5. The van der Waals surface area contributed by atoms with Crippen molar-refractivity contribution in [2.24, 2.45) is 5.92 Å². The molecule has 0 bridgehead atoms. The van der Waals surface area contributed by atoms with Gasteiger partial charge < -0.3 is 0 Å². The van der Waals surface area contributed by atoms with Gasteiger partial charge in [0.25, 0.3) is 5.91 Å². The van der Waals surface area contributed by atoms with Crippen molar-refractivity contribution in [2.75, 3.05) is 12.4 Å². The summed E-state index contributed by atoms with van der Waals surface area (Å²) in [6, 6.07) is 5.15. The molecule has 0 saturated heterocycles. The highest BCUT2D eigenvalue weighted by Gasteiger charge is 2.07. The van der Waals surface area contributed by atoms with Gasteiger partial charge in [-0.3, -0.25) is 9.63 Å². The molecule has 100 valence electrons. The molecule has 1 amide bonds. The second kappa shape index (κ2) is 7.89. The molecule has 0 aliphatic heterocycles. The number of nitrogens with one attached hydrogen (secondary N) is 1. The second-order valence-electron chi connectivity index (χ2n) is 4.09. The molecule has 0 aromatic heterocycles. The van der Waals surface area contributed by atoms with E-state index in [1.165, 1.54) is 11.8 Å². The van der Waals surface area contributed by atoms with Crippen LogP contribution in [0, 0.1) is 5.92 Å². The zero-order valence-corrected chi connectivity index (χ0v) is 12.5. The molecule has 6 heteroatoms. The van der Waals surface area contributed by atoms with Crippen molar-refractivity contribution in [1.82, 2.24) is 5.48 Å². The molecular weight excluding hydrogens is 293 g/mol. The topological polar surface area (TPSA) is 38.3 Å². The van der Waals surface area contributed by atoms with Crippen LogP contribution in [0.25, 0.3) is 0 Å². The van der Waals surface area contributed by atoms with Gasteiger partial charge in [0.15, 0.2) is 0 Å². The minimum absolute atomic E-state index is 0.198. The summed E-state index contributed by atoms with van der Waals surface area (Å²) < 4.78 is 0. The van der Waals surface area contributed by atoms with Crippen LogP contribution < -0.4 is 5.48 Å². The first kappa shape index (κ1) is 15.6. The van der Waals surface area contributed by atoms with Crippen LogP contribution in [0.15, 0.2) is 23.1 Å². The van der Waals surface area contributed by atoms with E-state index < -0.39 is 0 Å².